The third-order valence-corrected chi connectivity index (χ3v) is 147. The van der Waals surface area contributed by atoms with Crippen molar-refractivity contribution in [1.29, 1.82) is 0 Å². The minimum absolute atomic E-state index is 0.372. The summed E-state index contributed by atoms with van der Waals surface area (Å²) in [6.45, 7) is 24.5. The zero-order valence-electron chi connectivity index (χ0n) is 12.7. The Balaban J connectivity index is 5.78. The van der Waals surface area contributed by atoms with E-state index in [1.54, 1.807) is 9.76 Å². The van der Waals surface area contributed by atoms with Gasteiger partial charge in [-0.3, -0.25) is 0 Å². The van der Waals surface area contributed by atoms with E-state index in [2.05, 4.69) is 58.9 Å². The summed E-state index contributed by atoms with van der Waals surface area (Å²) in [5.74, 6) is 0. The molecule has 0 bridgehead atoms. The summed E-state index contributed by atoms with van der Waals surface area (Å²) in [4.78, 5) is 0. The first-order valence-electron chi connectivity index (χ1n) is 6.31. The van der Waals surface area contributed by atoms with E-state index in [0.717, 1.165) is 0 Å². The summed E-state index contributed by atoms with van der Waals surface area (Å²) in [6.07, 6.45) is -0.757. The molecule has 0 aliphatic heterocycles. The van der Waals surface area contributed by atoms with Gasteiger partial charge in [0.25, 0.3) is 0 Å². The molecule has 0 aliphatic rings. The van der Waals surface area contributed by atoms with Crippen LogP contribution in [0.25, 0.3) is 0 Å². The lowest BCUT2D eigenvalue weighted by Gasteiger charge is -2.57. The lowest BCUT2D eigenvalue weighted by Crippen LogP contribution is -2.86. The van der Waals surface area contributed by atoms with Crippen molar-refractivity contribution in [2.75, 3.05) is 0 Å². The van der Waals surface area contributed by atoms with Crippen LogP contribution in [0.1, 0.15) is 0 Å². The van der Waals surface area contributed by atoms with Crippen molar-refractivity contribution >= 4 is 47.2 Å². The maximum absolute atomic E-state index is 2.72. The van der Waals surface area contributed by atoms with Gasteiger partial charge in [0.15, 0.2) is 0 Å². The van der Waals surface area contributed by atoms with Gasteiger partial charge in [-0.15, -0.1) is 0 Å². The Morgan fingerprint density at radius 1 is 0.600 bits per heavy atom. The van der Waals surface area contributed by atoms with Gasteiger partial charge in [-0.1, -0.05) is 58.9 Å². The van der Waals surface area contributed by atoms with E-state index in [4.69, 9.17) is 0 Å². The van der Waals surface area contributed by atoms with Gasteiger partial charge in [0.05, 0.1) is 0 Å². The Labute approximate surface area is 106 Å². The van der Waals surface area contributed by atoms with E-state index in [-0.39, 0.29) is 0 Å². The smallest absolute Gasteiger partial charge is 0.0304 e. The average Bonchev–Trinajstić information content (AvgIpc) is 1.76. The summed E-state index contributed by atoms with van der Waals surface area (Å²) >= 11 is 0. The molecular formula is C9H32Si6. The zero-order valence-corrected chi connectivity index (χ0v) is 20.1. The SMILES string of the molecule is C[Si](C)(C)[Si]([SiH2][SiH3])([Si](C)(C)C)[Si](C)(C)C. The van der Waals surface area contributed by atoms with Gasteiger partial charge in [-0.25, -0.2) is 0 Å². The van der Waals surface area contributed by atoms with Crippen LogP contribution in [-0.4, -0.2) is 47.2 Å². The predicted octanol–water partition coefficient (Wildman–Crippen LogP) is 1.63. The van der Waals surface area contributed by atoms with Gasteiger partial charge in [0.1, 0.15) is 0 Å². The molecule has 0 saturated heterocycles. The molecule has 0 heterocycles. The molecule has 0 radical (unpaired) electrons. The molecule has 0 rings (SSSR count). The van der Waals surface area contributed by atoms with Gasteiger partial charge in [-0.05, 0) is 18.3 Å². The van der Waals surface area contributed by atoms with Crippen molar-refractivity contribution in [1.82, 2.24) is 0 Å². The Morgan fingerprint density at radius 3 is 0.800 bits per heavy atom. The molecule has 0 atom stereocenters. The van der Waals surface area contributed by atoms with Crippen LogP contribution < -0.4 is 0 Å². The fourth-order valence-electron chi connectivity index (χ4n) is 4.97. The molecule has 0 spiro atoms. The largest absolute Gasteiger partial charge is 0.0721 e. The molecule has 0 unspecified atom stereocenters. The third-order valence-electron chi connectivity index (χ3n) is 4.37. The van der Waals surface area contributed by atoms with Gasteiger partial charge < -0.3 is 0 Å². The molecule has 0 amide bonds. The quantitative estimate of drug-likeness (QED) is 0.693. The van der Waals surface area contributed by atoms with Crippen molar-refractivity contribution in [2.24, 2.45) is 0 Å². The van der Waals surface area contributed by atoms with Crippen LogP contribution in [0.3, 0.4) is 0 Å². The lowest BCUT2D eigenvalue weighted by atomic mass is 11.8. The molecule has 92 valence electrons. The molecule has 0 aromatic carbocycles. The molecule has 6 heteroatoms. The van der Waals surface area contributed by atoms with Crippen LogP contribution in [0.5, 0.6) is 0 Å². The van der Waals surface area contributed by atoms with E-state index in [0.29, 0.717) is 8.55 Å². The standard InChI is InChI=1S/C9H32Si6/c1-12(2,3)15(11-10,13(4,5)6)14(7,8)9/h11H2,1-10H3. The highest BCUT2D eigenvalue weighted by atomic mass is 30.2. The van der Waals surface area contributed by atoms with Crippen LogP contribution in [0.15, 0.2) is 0 Å². The molecule has 0 fully saturated rings. The molecule has 0 aliphatic carbocycles. The first kappa shape index (κ1) is 16.3. The molecule has 0 saturated carbocycles. The Morgan fingerprint density at radius 2 is 0.800 bits per heavy atom. The average molecular weight is 309 g/mol. The second-order valence-electron chi connectivity index (χ2n) is 8.01. The van der Waals surface area contributed by atoms with Crippen LogP contribution in [0.4, 0.5) is 0 Å². The van der Waals surface area contributed by atoms with Gasteiger partial charge >= 0.3 is 0 Å². The van der Waals surface area contributed by atoms with Crippen LogP contribution in [-0.2, 0) is 0 Å². The second kappa shape index (κ2) is 4.52. The fourth-order valence-corrected chi connectivity index (χ4v) is 220. The Bertz CT molecular complexity index is 180. The second-order valence-corrected chi connectivity index (χ2v) is 67.7. The molecular weight excluding hydrogens is 277 g/mol. The summed E-state index contributed by atoms with van der Waals surface area (Å²) < 4.78 is 0. The molecule has 0 aromatic rings. The topological polar surface area (TPSA) is 0 Å². The van der Waals surface area contributed by atoms with Crippen LogP contribution >= 0.6 is 0 Å². The highest BCUT2D eigenvalue weighted by Crippen LogP contribution is 2.35. The van der Waals surface area contributed by atoms with Crippen molar-refractivity contribution < 1.29 is 0 Å². The first-order chi connectivity index (χ1) is 6.31. The Hall–Kier alpha value is 1.30. The fraction of sp³-hybridized carbons (Fsp3) is 1.00. The normalized spacial score (nSPS) is 16.6. The van der Waals surface area contributed by atoms with Crippen molar-refractivity contribution in [2.45, 2.75) is 58.9 Å². The van der Waals surface area contributed by atoms with E-state index in [9.17, 15) is 0 Å². The molecule has 15 heavy (non-hydrogen) atoms. The Kier molecular flexibility index (Phi) is 4.92. The maximum Gasteiger partial charge on any atom is 0.0304 e. The maximum atomic E-state index is 2.72. The van der Waals surface area contributed by atoms with Crippen molar-refractivity contribution in [3.05, 3.63) is 0 Å². The third kappa shape index (κ3) is 2.76. The number of rotatable bonds is 4. The molecule has 0 N–H and O–H groups in total. The monoisotopic (exact) mass is 308 g/mol. The van der Waals surface area contributed by atoms with E-state index < -0.39 is 28.9 Å². The van der Waals surface area contributed by atoms with Gasteiger partial charge in [0.2, 0.25) is 0 Å². The van der Waals surface area contributed by atoms with Crippen molar-refractivity contribution in [3.63, 3.8) is 0 Å². The zero-order chi connectivity index (χ0) is 12.7. The summed E-state index contributed by atoms with van der Waals surface area (Å²) in [5, 5.41) is 0. The highest BCUT2D eigenvalue weighted by molar-refractivity contribution is 8.04. The van der Waals surface area contributed by atoms with Crippen LogP contribution in [0, 0.1) is 0 Å². The predicted molar refractivity (Wildman–Crippen MR) is 94.3 cm³/mol. The first-order valence-corrected chi connectivity index (χ1v) is 29.8. The summed E-state index contributed by atoms with van der Waals surface area (Å²) in [6, 6.07) is 0. The lowest BCUT2D eigenvalue weighted by molar-refractivity contribution is 1.76. The summed E-state index contributed by atoms with van der Waals surface area (Å²) in [7, 11) is -0.582. The van der Waals surface area contributed by atoms with Crippen LogP contribution in [0.2, 0.25) is 58.9 Å². The van der Waals surface area contributed by atoms with E-state index in [1.807, 2.05) is 0 Å². The number of hydrogen-bond acceptors (Lipinski definition) is 0. The van der Waals surface area contributed by atoms with Gasteiger partial charge in [-0.2, -0.15) is 0 Å². The van der Waals surface area contributed by atoms with Crippen molar-refractivity contribution in [3.8, 4) is 0 Å². The van der Waals surface area contributed by atoms with Gasteiger partial charge in [0, 0.05) is 28.9 Å². The minimum atomic E-state index is -0.849. The van der Waals surface area contributed by atoms with E-state index in [1.165, 1.54) is 0 Å². The molecule has 0 aromatic heterocycles. The summed E-state index contributed by atoms with van der Waals surface area (Å²) in [5.41, 5.74) is 0. The highest BCUT2D eigenvalue weighted by Gasteiger charge is 2.59. The number of hydrogen-bond donors (Lipinski definition) is 0. The minimum Gasteiger partial charge on any atom is -0.0721 e. The molecule has 0 nitrogen and oxygen atoms in total. The van der Waals surface area contributed by atoms with E-state index >= 15 is 0 Å².